The van der Waals surface area contributed by atoms with E-state index in [0.29, 0.717) is 10.6 Å². The Balaban J connectivity index is 2.54. The highest BCUT2D eigenvalue weighted by atomic mass is 32.2. The minimum Gasteiger partial charge on any atom is -0.331 e. The highest BCUT2D eigenvalue weighted by Gasteiger charge is 2.42. The third kappa shape index (κ3) is 4.70. The van der Waals surface area contributed by atoms with Crippen molar-refractivity contribution >= 4 is 29.4 Å². The smallest absolute Gasteiger partial charge is 0.331 e. The Hall–Kier alpha value is -1.90. The molecule has 104 valence electrons. The molecule has 0 atom stereocenters. The van der Waals surface area contributed by atoms with Crippen LogP contribution in [-0.2, 0) is 9.63 Å². The van der Waals surface area contributed by atoms with Gasteiger partial charge in [0.25, 0.3) is 0 Å². The van der Waals surface area contributed by atoms with Gasteiger partial charge < -0.3 is 10.2 Å². The van der Waals surface area contributed by atoms with Crippen molar-refractivity contribution in [3.8, 4) is 0 Å². The number of halogens is 3. The number of rotatable bonds is 2. The number of alkyl halides is 3. The average molecular weight is 294 g/mol. The topological polar surface area (TPSA) is 67.4 Å². The van der Waals surface area contributed by atoms with Gasteiger partial charge >= 0.3 is 18.2 Å². The summed E-state index contributed by atoms with van der Waals surface area (Å²) >= 11 is 1.34. The first-order valence-electron chi connectivity index (χ1n) is 4.82. The molecule has 2 N–H and O–H groups in total. The van der Waals surface area contributed by atoms with Gasteiger partial charge in [-0.3, -0.25) is 0 Å². The summed E-state index contributed by atoms with van der Waals surface area (Å²) < 4.78 is 35.4. The third-order valence-electron chi connectivity index (χ3n) is 1.82. The molecule has 5 nitrogen and oxygen atoms in total. The molecule has 1 aromatic rings. The quantitative estimate of drug-likeness (QED) is 0.650. The standard InChI is InChI=1S/C10H9F3N2O3S/c1-19-7-5-3-2-4-6(7)14-9(17)15-18-8(16)10(11,12)13/h2-5H,1H3,(H2,14,15,17). The summed E-state index contributed by atoms with van der Waals surface area (Å²) in [6.07, 6.45) is -3.40. The molecule has 0 fully saturated rings. The molecular weight excluding hydrogens is 285 g/mol. The average Bonchev–Trinajstić information content (AvgIpc) is 2.35. The summed E-state index contributed by atoms with van der Waals surface area (Å²) in [5.74, 6) is -2.50. The molecule has 1 rings (SSSR count). The molecule has 9 heteroatoms. The predicted molar refractivity (Wildman–Crippen MR) is 62.5 cm³/mol. The maximum Gasteiger partial charge on any atom is 0.493 e. The molecule has 2 amide bonds. The van der Waals surface area contributed by atoms with E-state index >= 15 is 0 Å². The first-order valence-corrected chi connectivity index (χ1v) is 6.05. The Morgan fingerprint density at radius 2 is 1.89 bits per heavy atom. The fraction of sp³-hybridized carbons (Fsp3) is 0.200. The number of hydrogen-bond donors (Lipinski definition) is 2. The van der Waals surface area contributed by atoms with Crippen molar-refractivity contribution in [1.29, 1.82) is 0 Å². The molecule has 0 aliphatic carbocycles. The summed E-state index contributed by atoms with van der Waals surface area (Å²) in [5, 5.41) is 2.25. The summed E-state index contributed by atoms with van der Waals surface area (Å²) in [4.78, 5) is 25.9. The predicted octanol–water partition coefficient (Wildman–Crippen LogP) is 2.55. The lowest BCUT2D eigenvalue weighted by molar-refractivity contribution is -0.204. The van der Waals surface area contributed by atoms with Gasteiger partial charge in [0.1, 0.15) is 0 Å². The number of hydrogen-bond acceptors (Lipinski definition) is 4. The molecule has 0 unspecified atom stereocenters. The van der Waals surface area contributed by atoms with Crippen LogP contribution in [0.1, 0.15) is 0 Å². The number of carbonyl (C=O) groups is 2. The number of amides is 2. The van der Waals surface area contributed by atoms with Crippen LogP contribution in [0.2, 0.25) is 0 Å². The van der Waals surface area contributed by atoms with Gasteiger partial charge in [-0.15, -0.1) is 11.8 Å². The van der Waals surface area contributed by atoms with E-state index in [4.69, 9.17) is 0 Å². The van der Waals surface area contributed by atoms with E-state index in [-0.39, 0.29) is 0 Å². The zero-order valence-corrected chi connectivity index (χ0v) is 10.4. The molecule has 0 radical (unpaired) electrons. The Morgan fingerprint density at radius 3 is 2.47 bits per heavy atom. The second-order valence-corrected chi connectivity index (χ2v) is 3.99. The monoisotopic (exact) mass is 294 g/mol. The van der Waals surface area contributed by atoms with Crippen LogP contribution in [0, 0.1) is 0 Å². The van der Waals surface area contributed by atoms with Gasteiger partial charge in [0.15, 0.2) is 0 Å². The SMILES string of the molecule is CSc1ccccc1NC(=O)NOC(=O)C(F)(F)F. The van der Waals surface area contributed by atoms with Crippen molar-refractivity contribution in [1.82, 2.24) is 5.48 Å². The number of anilines is 1. The molecule has 0 spiro atoms. The Morgan fingerprint density at radius 1 is 1.26 bits per heavy atom. The van der Waals surface area contributed by atoms with Crippen molar-refractivity contribution in [3.63, 3.8) is 0 Å². The van der Waals surface area contributed by atoms with E-state index in [2.05, 4.69) is 10.2 Å². The third-order valence-corrected chi connectivity index (χ3v) is 2.62. The molecule has 0 bridgehead atoms. The van der Waals surface area contributed by atoms with Crippen molar-refractivity contribution in [2.45, 2.75) is 11.1 Å². The molecule has 19 heavy (non-hydrogen) atoms. The molecule has 0 heterocycles. The zero-order chi connectivity index (χ0) is 14.5. The van der Waals surface area contributed by atoms with Gasteiger partial charge in [0.05, 0.1) is 5.69 Å². The molecule has 0 saturated heterocycles. The molecule has 0 aliphatic heterocycles. The first kappa shape index (κ1) is 15.2. The maximum absolute atomic E-state index is 11.8. The molecule has 0 aliphatic rings. The highest BCUT2D eigenvalue weighted by Crippen LogP contribution is 2.24. The number of hydroxylamine groups is 1. The van der Waals surface area contributed by atoms with E-state index in [9.17, 15) is 22.8 Å². The van der Waals surface area contributed by atoms with Crippen LogP contribution in [0.15, 0.2) is 29.2 Å². The first-order chi connectivity index (χ1) is 8.84. The van der Waals surface area contributed by atoms with E-state index in [1.807, 2.05) is 0 Å². The van der Waals surface area contributed by atoms with Crippen LogP contribution in [0.4, 0.5) is 23.7 Å². The fourth-order valence-corrected chi connectivity index (χ4v) is 1.60. The van der Waals surface area contributed by atoms with Gasteiger partial charge in [0.2, 0.25) is 0 Å². The zero-order valence-electron chi connectivity index (χ0n) is 9.58. The molecule has 1 aromatic carbocycles. The summed E-state index contributed by atoms with van der Waals surface area (Å²) in [5.41, 5.74) is 1.74. The Kier molecular flexibility index (Phi) is 5.04. The van der Waals surface area contributed by atoms with Crippen LogP contribution in [0.5, 0.6) is 0 Å². The van der Waals surface area contributed by atoms with Crippen LogP contribution in [-0.4, -0.2) is 24.4 Å². The number of para-hydroxylation sites is 1. The van der Waals surface area contributed by atoms with E-state index in [1.54, 1.807) is 30.5 Å². The van der Waals surface area contributed by atoms with Gasteiger partial charge in [-0.1, -0.05) is 12.1 Å². The van der Waals surface area contributed by atoms with Crippen molar-refractivity contribution < 1.29 is 27.6 Å². The Bertz CT molecular complexity index is 479. The van der Waals surface area contributed by atoms with Crippen LogP contribution >= 0.6 is 11.8 Å². The number of carbonyl (C=O) groups excluding carboxylic acids is 2. The van der Waals surface area contributed by atoms with Crippen molar-refractivity contribution in [2.75, 3.05) is 11.6 Å². The minimum absolute atomic E-state index is 0.385. The molecule has 0 aromatic heterocycles. The Labute approximate surface area is 110 Å². The van der Waals surface area contributed by atoms with Gasteiger partial charge in [-0.2, -0.15) is 18.7 Å². The fourth-order valence-electron chi connectivity index (χ4n) is 1.05. The van der Waals surface area contributed by atoms with Gasteiger partial charge in [0, 0.05) is 4.90 Å². The number of benzene rings is 1. The van der Waals surface area contributed by atoms with Crippen molar-refractivity contribution in [2.24, 2.45) is 0 Å². The largest absolute Gasteiger partial charge is 0.493 e. The van der Waals surface area contributed by atoms with E-state index < -0.39 is 18.2 Å². The second kappa shape index (κ2) is 6.32. The minimum atomic E-state index is -5.16. The lowest BCUT2D eigenvalue weighted by atomic mass is 10.3. The highest BCUT2D eigenvalue weighted by molar-refractivity contribution is 7.98. The van der Waals surface area contributed by atoms with Crippen LogP contribution in [0.3, 0.4) is 0 Å². The summed E-state index contributed by atoms with van der Waals surface area (Å²) in [7, 11) is 0. The lowest BCUT2D eigenvalue weighted by Gasteiger charge is -2.10. The van der Waals surface area contributed by atoms with E-state index in [0.717, 1.165) is 0 Å². The van der Waals surface area contributed by atoms with Gasteiger partial charge in [-0.05, 0) is 18.4 Å². The summed E-state index contributed by atoms with van der Waals surface area (Å²) in [6.45, 7) is 0. The normalized spacial score (nSPS) is 10.7. The van der Waals surface area contributed by atoms with Crippen LogP contribution < -0.4 is 10.8 Å². The lowest BCUT2D eigenvalue weighted by Crippen LogP contribution is -2.36. The molecular formula is C10H9F3N2O3S. The van der Waals surface area contributed by atoms with Gasteiger partial charge in [-0.25, -0.2) is 9.59 Å². The number of thioether (sulfide) groups is 1. The summed E-state index contributed by atoms with van der Waals surface area (Å²) in [6, 6.07) is 5.55. The van der Waals surface area contributed by atoms with E-state index in [1.165, 1.54) is 17.2 Å². The maximum atomic E-state index is 11.8. The number of urea groups is 1. The van der Waals surface area contributed by atoms with Crippen molar-refractivity contribution in [3.05, 3.63) is 24.3 Å². The molecule has 0 saturated carbocycles. The number of nitrogens with one attached hydrogen (secondary N) is 2. The van der Waals surface area contributed by atoms with Crippen LogP contribution in [0.25, 0.3) is 0 Å². The second-order valence-electron chi connectivity index (χ2n) is 3.14.